The molecule has 0 atom stereocenters. The number of halogens is 1. The van der Waals surface area contributed by atoms with Gasteiger partial charge in [-0.2, -0.15) is 0 Å². The molecule has 15 heavy (non-hydrogen) atoms. The van der Waals surface area contributed by atoms with Gasteiger partial charge >= 0.3 is 0 Å². The molecule has 2 N–H and O–H groups in total. The van der Waals surface area contributed by atoms with E-state index in [2.05, 4.69) is 35.9 Å². The third-order valence-corrected chi connectivity index (χ3v) is 3.28. The Bertz CT molecular complexity index is 464. The van der Waals surface area contributed by atoms with Crippen LogP contribution < -0.4 is 5.73 Å². The Labute approximate surface area is 98.7 Å². The zero-order valence-electron chi connectivity index (χ0n) is 7.46. The van der Waals surface area contributed by atoms with E-state index >= 15 is 0 Å². The number of hydrogen-bond donors (Lipinski definition) is 1. The summed E-state index contributed by atoms with van der Waals surface area (Å²) in [4.78, 5) is 15.9. The van der Waals surface area contributed by atoms with Crippen molar-refractivity contribution >= 4 is 33.6 Å². The molecule has 5 nitrogen and oxygen atoms in total. The van der Waals surface area contributed by atoms with Gasteiger partial charge in [0.15, 0.2) is 0 Å². The van der Waals surface area contributed by atoms with E-state index in [9.17, 15) is 0 Å². The molecule has 0 saturated heterocycles. The van der Waals surface area contributed by atoms with E-state index in [-0.39, 0.29) is 5.95 Å². The lowest BCUT2D eigenvalue weighted by Gasteiger charge is -2.02. The molecule has 0 spiro atoms. The van der Waals surface area contributed by atoms with Crippen molar-refractivity contribution in [2.75, 3.05) is 5.73 Å². The first-order chi connectivity index (χ1) is 7.25. The van der Waals surface area contributed by atoms with Crippen LogP contribution in [0.3, 0.4) is 0 Å². The second-order valence-electron chi connectivity index (χ2n) is 2.53. The predicted molar refractivity (Wildman–Crippen MR) is 60.3 cm³/mol. The van der Waals surface area contributed by atoms with Gasteiger partial charge in [-0.25, -0.2) is 19.9 Å². The minimum atomic E-state index is 0.245. The summed E-state index contributed by atoms with van der Waals surface area (Å²) in [5.41, 5.74) is 5.49. The molecule has 0 saturated carbocycles. The summed E-state index contributed by atoms with van der Waals surface area (Å²) in [6, 6.07) is 1.80. The molecule has 2 rings (SSSR count). The Morgan fingerprint density at radius 2 is 2.20 bits per heavy atom. The minimum absolute atomic E-state index is 0.245. The normalized spacial score (nSPS) is 10.2. The summed E-state index contributed by atoms with van der Waals surface area (Å²) in [7, 11) is 0. The summed E-state index contributed by atoms with van der Waals surface area (Å²) < 4.78 is 0.792. The van der Waals surface area contributed by atoms with Gasteiger partial charge in [0.1, 0.15) is 16.4 Å². The van der Waals surface area contributed by atoms with Crippen molar-refractivity contribution in [1.82, 2.24) is 19.9 Å². The molecule has 2 aromatic rings. The van der Waals surface area contributed by atoms with Crippen LogP contribution in [0.5, 0.6) is 0 Å². The zero-order chi connectivity index (χ0) is 10.7. The molecule has 0 bridgehead atoms. The maximum Gasteiger partial charge on any atom is 0.221 e. The Morgan fingerprint density at radius 1 is 1.33 bits per heavy atom. The van der Waals surface area contributed by atoms with Gasteiger partial charge in [0.25, 0.3) is 0 Å². The number of nitrogens with zero attached hydrogens (tertiary/aromatic N) is 4. The summed E-state index contributed by atoms with van der Waals surface area (Å²) in [6.07, 6.45) is 4.78. The largest absolute Gasteiger partial charge is 0.368 e. The molecule has 2 heterocycles. The SMILES string of the molecule is Nc1ncc(Br)c(Sc2ccncn2)n1. The average molecular weight is 284 g/mol. The highest BCUT2D eigenvalue weighted by molar-refractivity contribution is 9.10. The second kappa shape index (κ2) is 4.54. The summed E-state index contributed by atoms with van der Waals surface area (Å²) in [5.74, 6) is 0.245. The fourth-order valence-electron chi connectivity index (χ4n) is 0.874. The molecule has 0 aliphatic carbocycles. The summed E-state index contributed by atoms with van der Waals surface area (Å²) in [5, 5.41) is 1.55. The van der Waals surface area contributed by atoms with Gasteiger partial charge in [0, 0.05) is 12.4 Å². The Kier molecular flexibility index (Phi) is 3.12. The Hall–Kier alpha value is -1.21. The quantitative estimate of drug-likeness (QED) is 0.847. The van der Waals surface area contributed by atoms with E-state index in [1.807, 2.05) is 0 Å². The van der Waals surface area contributed by atoms with Crippen LogP contribution in [-0.4, -0.2) is 19.9 Å². The summed E-state index contributed by atoms with van der Waals surface area (Å²) >= 11 is 4.74. The van der Waals surface area contributed by atoms with Crippen LogP contribution in [0.2, 0.25) is 0 Å². The van der Waals surface area contributed by atoms with E-state index in [1.54, 1.807) is 18.5 Å². The highest BCUT2D eigenvalue weighted by Crippen LogP contribution is 2.29. The van der Waals surface area contributed by atoms with E-state index in [4.69, 9.17) is 5.73 Å². The number of anilines is 1. The van der Waals surface area contributed by atoms with Gasteiger partial charge in [0.05, 0.1) is 4.47 Å². The van der Waals surface area contributed by atoms with E-state index in [1.165, 1.54) is 18.1 Å². The maximum absolute atomic E-state index is 5.49. The van der Waals surface area contributed by atoms with Gasteiger partial charge in [-0.15, -0.1) is 0 Å². The second-order valence-corrected chi connectivity index (χ2v) is 4.39. The van der Waals surface area contributed by atoms with Crippen LogP contribution in [0.25, 0.3) is 0 Å². The van der Waals surface area contributed by atoms with Gasteiger partial charge in [-0.05, 0) is 33.8 Å². The van der Waals surface area contributed by atoms with Crippen molar-refractivity contribution < 1.29 is 0 Å². The molecular formula is C8H6BrN5S. The average Bonchev–Trinajstić information content (AvgIpc) is 2.25. The highest BCUT2D eigenvalue weighted by atomic mass is 79.9. The van der Waals surface area contributed by atoms with Gasteiger partial charge < -0.3 is 5.73 Å². The first kappa shape index (κ1) is 10.3. The molecule has 0 fully saturated rings. The fourth-order valence-corrected chi connectivity index (χ4v) is 2.02. The fraction of sp³-hybridized carbons (Fsp3) is 0. The van der Waals surface area contributed by atoms with Crippen molar-refractivity contribution in [2.24, 2.45) is 0 Å². The summed E-state index contributed by atoms with van der Waals surface area (Å²) in [6.45, 7) is 0. The van der Waals surface area contributed by atoms with Crippen molar-refractivity contribution in [3.05, 3.63) is 29.3 Å². The standard InChI is InChI=1S/C8H6BrN5S/c9-5-3-12-8(10)14-7(5)15-6-1-2-11-4-13-6/h1-4H,(H2,10,12,14). The number of aromatic nitrogens is 4. The number of nitrogen functional groups attached to an aromatic ring is 1. The zero-order valence-corrected chi connectivity index (χ0v) is 9.86. The lowest BCUT2D eigenvalue weighted by molar-refractivity contribution is 1.01. The molecule has 0 amide bonds. The van der Waals surface area contributed by atoms with Gasteiger partial charge in [0.2, 0.25) is 5.95 Å². The molecule has 0 unspecified atom stereocenters. The van der Waals surface area contributed by atoms with Crippen molar-refractivity contribution in [3.63, 3.8) is 0 Å². The third kappa shape index (κ3) is 2.63. The van der Waals surface area contributed by atoms with Crippen molar-refractivity contribution in [1.29, 1.82) is 0 Å². The molecule has 0 aliphatic heterocycles. The van der Waals surface area contributed by atoms with E-state index < -0.39 is 0 Å². The third-order valence-electron chi connectivity index (χ3n) is 1.49. The maximum atomic E-state index is 5.49. The van der Waals surface area contributed by atoms with Crippen LogP contribution in [0, 0.1) is 0 Å². The molecule has 76 valence electrons. The number of hydrogen-bond acceptors (Lipinski definition) is 6. The van der Waals surface area contributed by atoms with Gasteiger partial charge in [-0.1, -0.05) is 0 Å². The Morgan fingerprint density at radius 3 is 2.93 bits per heavy atom. The van der Waals surface area contributed by atoms with Crippen LogP contribution in [-0.2, 0) is 0 Å². The van der Waals surface area contributed by atoms with Crippen LogP contribution in [0.15, 0.2) is 39.3 Å². The lowest BCUT2D eigenvalue weighted by Crippen LogP contribution is -1.95. The first-order valence-electron chi connectivity index (χ1n) is 3.97. The van der Waals surface area contributed by atoms with Gasteiger partial charge in [-0.3, -0.25) is 0 Å². The topological polar surface area (TPSA) is 77.6 Å². The van der Waals surface area contributed by atoms with E-state index in [0.717, 1.165) is 14.5 Å². The smallest absolute Gasteiger partial charge is 0.221 e. The van der Waals surface area contributed by atoms with Crippen LogP contribution in [0.1, 0.15) is 0 Å². The number of rotatable bonds is 2. The first-order valence-corrected chi connectivity index (χ1v) is 5.58. The molecule has 7 heteroatoms. The van der Waals surface area contributed by atoms with Crippen LogP contribution in [0.4, 0.5) is 5.95 Å². The molecular weight excluding hydrogens is 278 g/mol. The minimum Gasteiger partial charge on any atom is -0.368 e. The molecule has 2 aromatic heterocycles. The Balaban J connectivity index is 2.28. The van der Waals surface area contributed by atoms with Crippen LogP contribution >= 0.6 is 27.7 Å². The molecule has 0 aliphatic rings. The predicted octanol–water partition coefficient (Wildman–Crippen LogP) is 1.76. The van der Waals surface area contributed by atoms with Crippen molar-refractivity contribution in [2.45, 2.75) is 10.1 Å². The van der Waals surface area contributed by atoms with Crippen molar-refractivity contribution in [3.8, 4) is 0 Å². The molecule has 0 radical (unpaired) electrons. The number of nitrogens with two attached hydrogens (primary N) is 1. The van der Waals surface area contributed by atoms with E-state index in [0.29, 0.717) is 0 Å². The monoisotopic (exact) mass is 283 g/mol. The lowest BCUT2D eigenvalue weighted by atomic mass is 10.7. The highest BCUT2D eigenvalue weighted by Gasteiger charge is 2.06. The molecule has 0 aromatic carbocycles.